The third-order valence-corrected chi connectivity index (χ3v) is 3.44. The Balaban J connectivity index is 1.47. The topological polar surface area (TPSA) is 21.3 Å². The molecule has 0 unspecified atom stereocenters. The standard InChI is InChI=1S/C15H19NOS/c1-2-4-14(5-3-1)12-17-10-9-16-8-6-15-7-11-18-13-15/h1-5,7,11,13,16H,6,8-10,12H2. The lowest BCUT2D eigenvalue weighted by atomic mass is 10.2. The molecule has 0 atom stereocenters. The van der Waals surface area contributed by atoms with Crippen molar-refractivity contribution in [2.24, 2.45) is 0 Å². The van der Waals surface area contributed by atoms with E-state index >= 15 is 0 Å². The normalized spacial score (nSPS) is 10.7. The number of benzene rings is 1. The molecule has 1 N–H and O–H groups in total. The average molecular weight is 261 g/mol. The largest absolute Gasteiger partial charge is 0.375 e. The van der Waals surface area contributed by atoms with Crippen LogP contribution in [0.5, 0.6) is 0 Å². The predicted octanol–water partition coefficient (Wildman–Crippen LogP) is 3.10. The Kier molecular flexibility index (Phi) is 5.92. The van der Waals surface area contributed by atoms with Gasteiger partial charge in [0.15, 0.2) is 0 Å². The molecule has 0 fully saturated rings. The number of ether oxygens (including phenoxy) is 1. The molecular weight excluding hydrogens is 242 g/mol. The predicted molar refractivity (Wildman–Crippen MR) is 77.0 cm³/mol. The second-order valence-electron chi connectivity index (χ2n) is 4.17. The second-order valence-corrected chi connectivity index (χ2v) is 4.95. The van der Waals surface area contributed by atoms with Crippen LogP contribution in [0.15, 0.2) is 47.2 Å². The van der Waals surface area contributed by atoms with Gasteiger partial charge in [-0.05, 0) is 40.9 Å². The summed E-state index contributed by atoms with van der Waals surface area (Å²) in [5.74, 6) is 0. The zero-order valence-electron chi connectivity index (χ0n) is 10.5. The molecular formula is C15H19NOS. The summed E-state index contributed by atoms with van der Waals surface area (Å²) in [5, 5.41) is 7.71. The van der Waals surface area contributed by atoms with E-state index in [2.05, 4.69) is 34.3 Å². The van der Waals surface area contributed by atoms with Gasteiger partial charge in [0, 0.05) is 6.54 Å². The van der Waals surface area contributed by atoms with Crippen molar-refractivity contribution in [1.82, 2.24) is 5.32 Å². The molecule has 2 aromatic rings. The lowest BCUT2D eigenvalue weighted by Gasteiger charge is -2.05. The van der Waals surface area contributed by atoms with Crippen LogP contribution in [-0.4, -0.2) is 19.7 Å². The Morgan fingerprint density at radius 2 is 1.89 bits per heavy atom. The first-order chi connectivity index (χ1) is 8.95. The minimum absolute atomic E-state index is 0.701. The van der Waals surface area contributed by atoms with Gasteiger partial charge in [-0.2, -0.15) is 11.3 Å². The molecule has 2 rings (SSSR count). The van der Waals surface area contributed by atoms with Crippen molar-refractivity contribution in [3.63, 3.8) is 0 Å². The maximum absolute atomic E-state index is 5.60. The van der Waals surface area contributed by atoms with E-state index < -0.39 is 0 Å². The van der Waals surface area contributed by atoms with Crippen molar-refractivity contribution in [3.05, 3.63) is 58.3 Å². The third kappa shape index (κ3) is 5.00. The van der Waals surface area contributed by atoms with Crippen LogP contribution in [0.3, 0.4) is 0 Å². The van der Waals surface area contributed by atoms with Gasteiger partial charge in [0.05, 0.1) is 13.2 Å². The molecule has 0 bridgehead atoms. The second kappa shape index (κ2) is 8.03. The van der Waals surface area contributed by atoms with E-state index in [9.17, 15) is 0 Å². The van der Waals surface area contributed by atoms with Gasteiger partial charge in [-0.1, -0.05) is 30.3 Å². The fourth-order valence-electron chi connectivity index (χ4n) is 1.70. The van der Waals surface area contributed by atoms with Crippen LogP contribution in [0.25, 0.3) is 0 Å². The minimum Gasteiger partial charge on any atom is -0.375 e. The molecule has 1 aromatic heterocycles. The Labute approximate surface area is 113 Å². The molecule has 2 nitrogen and oxygen atoms in total. The molecule has 0 saturated heterocycles. The molecule has 0 spiro atoms. The minimum atomic E-state index is 0.701. The lowest BCUT2D eigenvalue weighted by molar-refractivity contribution is 0.123. The van der Waals surface area contributed by atoms with Gasteiger partial charge in [0.25, 0.3) is 0 Å². The van der Waals surface area contributed by atoms with Crippen molar-refractivity contribution in [3.8, 4) is 0 Å². The Morgan fingerprint density at radius 3 is 2.67 bits per heavy atom. The summed E-state index contributed by atoms with van der Waals surface area (Å²) in [6, 6.07) is 12.5. The molecule has 18 heavy (non-hydrogen) atoms. The highest BCUT2D eigenvalue weighted by Crippen LogP contribution is 2.05. The quantitative estimate of drug-likeness (QED) is 0.737. The molecule has 0 radical (unpaired) electrons. The van der Waals surface area contributed by atoms with Crippen LogP contribution in [0.2, 0.25) is 0 Å². The van der Waals surface area contributed by atoms with Crippen molar-refractivity contribution in [1.29, 1.82) is 0 Å². The van der Waals surface area contributed by atoms with Gasteiger partial charge in [-0.3, -0.25) is 0 Å². The summed E-state index contributed by atoms with van der Waals surface area (Å²) in [5.41, 5.74) is 2.65. The fourth-order valence-corrected chi connectivity index (χ4v) is 2.40. The molecule has 0 aliphatic carbocycles. The summed E-state index contributed by atoms with van der Waals surface area (Å²) in [6.45, 7) is 3.40. The van der Waals surface area contributed by atoms with Crippen LogP contribution >= 0.6 is 11.3 Å². The van der Waals surface area contributed by atoms with E-state index in [0.29, 0.717) is 6.61 Å². The average Bonchev–Trinajstić information content (AvgIpc) is 2.92. The molecule has 1 aromatic carbocycles. The van der Waals surface area contributed by atoms with Gasteiger partial charge >= 0.3 is 0 Å². The van der Waals surface area contributed by atoms with Gasteiger partial charge in [-0.25, -0.2) is 0 Å². The number of rotatable bonds is 8. The van der Waals surface area contributed by atoms with Crippen LogP contribution in [0.4, 0.5) is 0 Å². The highest BCUT2D eigenvalue weighted by Gasteiger charge is 1.94. The lowest BCUT2D eigenvalue weighted by Crippen LogP contribution is -2.22. The van der Waals surface area contributed by atoms with E-state index in [0.717, 1.165) is 26.1 Å². The third-order valence-electron chi connectivity index (χ3n) is 2.71. The zero-order valence-corrected chi connectivity index (χ0v) is 11.3. The summed E-state index contributed by atoms with van der Waals surface area (Å²) < 4.78 is 5.60. The molecule has 3 heteroatoms. The van der Waals surface area contributed by atoms with E-state index in [1.807, 2.05) is 18.2 Å². The molecule has 0 aliphatic heterocycles. The number of thiophene rings is 1. The van der Waals surface area contributed by atoms with Gasteiger partial charge in [0.1, 0.15) is 0 Å². The Hall–Kier alpha value is -1.16. The van der Waals surface area contributed by atoms with Gasteiger partial charge < -0.3 is 10.1 Å². The van der Waals surface area contributed by atoms with Crippen LogP contribution in [-0.2, 0) is 17.8 Å². The van der Waals surface area contributed by atoms with E-state index in [4.69, 9.17) is 4.74 Å². The first-order valence-corrected chi connectivity index (χ1v) is 7.23. The van der Waals surface area contributed by atoms with E-state index in [1.165, 1.54) is 11.1 Å². The van der Waals surface area contributed by atoms with Crippen molar-refractivity contribution in [2.75, 3.05) is 19.7 Å². The van der Waals surface area contributed by atoms with Crippen LogP contribution in [0, 0.1) is 0 Å². The smallest absolute Gasteiger partial charge is 0.0717 e. The summed E-state index contributed by atoms with van der Waals surface area (Å²) in [4.78, 5) is 0. The summed E-state index contributed by atoms with van der Waals surface area (Å²) in [6.07, 6.45) is 1.10. The van der Waals surface area contributed by atoms with Crippen molar-refractivity contribution in [2.45, 2.75) is 13.0 Å². The molecule has 0 amide bonds. The first-order valence-electron chi connectivity index (χ1n) is 6.28. The maximum atomic E-state index is 5.60. The summed E-state index contributed by atoms with van der Waals surface area (Å²) >= 11 is 1.76. The Morgan fingerprint density at radius 1 is 1.00 bits per heavy atom. The molecule has 0 saturated carbocycles. The molecule has 1 heterocycles. The van der Waals surface area contributed by atoms with Gasteiger partial charge in [0.2, 0.25) is 0 Å². The van der Waals surface area contributed by atoms with Crippen LogP contribution in [0.1, 0.15) is 11.1 Å². The molecule has 0 aliphatic rings. The number of hydrogen-bond donors (Lipinski definition) is 1. The monoisotopic (exact) mass is 261 g/mol. The maximum Gasteiger partial charge on any atom is 0.0717 e. The van der Waals surface area contributed by atoms with Crippen LogP contribution < -0.4 is 5.32 Å². The Bertz CT molecular complexity index is 413. The van der Waals surface area contributed by atoms with Crippen molar-refractivity contribution < 1.29 is 4.74 Å². The van der Waals surface area contributed by atoms with Crippen molar-refractivity contribution >= 4 is 11.3 Å². The highest BCUT2D eigenvalue weighted by molar-refractivity contribution is 7.07. The van der Waals surface area contributed by atoms with E-state index in [1.54, 1.807) is 11.3 Å². The van der Waals surface area contributed by atoms with E-state index in [-0.39, 0.29) is 0 Å². The highest BCUT2D eigenvalue weighted by atomic mass is 32.1. The number of nitrogens with one attached hydrogen (secondary N) is 1. The number of hydrogen-bond acceptors (Lipinski definition) is 3. The zero-order chi connectivity index (χ0) is 12.5. The molecule has 96 valence electrons. The first kappa shape index (κ1) is 13.3. The fraction of sp³-hybridized carbons (Fsp3) is 0.333. The SMILES string of the molecule is c1ccc(COCCNCCc2ccsc2)cc1. The summed E-state index contributed by atoms with van der Waals surface area (Å²) in [7, 11) is 0. The van der Waals surface area contributed by atoms with Gasteiger partial charge in [-0.15, -0.1) is 0 Å².